The average molecular weight is 275 g/mol. The SMILES string of the molecule is CCOC(=O)C(C)CN1CCCC(=O)c2ccccc21. The molecule has 1 aromatic rings. The van der Waals surface area contributed by atoms with E-state index in [4.69, 9.17) is 4.74 Å². The van der Waals surface area contributed by atoms with Crippen molar-refractivity contribution in [2.24, 2.45) is 5.92 Å². The number of Topliss-reactive ketones (excluding diaryl/α,β-unsaturated/α-hetero) is 1. The van der Waals surface area contributed by atoms with E-state index in [2.05, 4.69) is 4.90 Å². The number of nitrogens with zero attached hydrogens (tertiary/aromatic N) is 1. The van der Waals surface area contributed by atoms with Gasteiger partial charge in [0, 0.05) is 30.8 Å². The van der Waals surface area contributed by atoms with E-state index in [0.717, 1.165) is 24.2 Å². The van der Waals surface area contributed by atoms with Gasteiger partial charge in [-0.15, -0.1) is 0 Å². The molecule has 0 aliphatic carbocycles. The lowest BCUT2D eigenvalue weighted by Crippen LogP contribution is -2.33. The van der Waals surface area contributed by atoms with Crippen LogP contribution in [-0.4, -0.2) is 31.4 Å². The van der Waals surface area contributed by atoms with Gasteiger partial charge in [-0.25, -0.2) is 0 Å². The summed E-state index contributed by atoms with van der Waals surface area (Å²) in [5, 5.41) is 0. The molecule has 0 saturated carbocycles. The van der Waals surface area contributed by atoms with Gasteiger partial charge in [0.15, 0.2) is 5.78 Å². The molecule has 0 radical (unpaired) electrons. The van der Waals surface area contributed by atoms with Crippen LogP contribution in [0, 0.1) is 5.92 Å². The highest BCUT2D eigenvalue weighted by Crippen LogP contribution is 2.26. The second kappa shape index (κ2) is 6.55. The number of esters is 1. The summed E-state index contributed by atoms with van der Waals surface area (Å²) < 4.78 is 5.05. The van der Waals surface area contributed by atoms with Crippen LogP contribution in [0.1, 0.15) is 37.0 Å². The molecule has 0 saturated heterocycles. The van der Waals surface area contributed by atoms with Crippen molar-refractivity contribution < 1.29 is 14.3 Å². The summed E-state index contributed by atoms with van der Waals surface area (Å²) in [5.41, 5.74) is 1.70. The predicted molar refractivity (Wildman–Crippen MR) is 78.0 cm³/mol. The zero-order chi connectivity index (χ0) is 14.5. The number of para-hydroxylation sites is 1. The Hall–Kier alpha value is -1.84. The van der Waals surface area contributed by atoms with E-state index in [-0.39, 0.29) is 17.7 Å². The lowest BCUT2D eigenvalue weighted by Gasteiger charge is -2.26. The van der Waals surface area contributed by atoms with Gasteiger partial charge in [0.2, 0.25) is 0 Å². The van der Waals surface area contributed by atoms with Gasteiger partial charge < -0.3 is 9.64 Å². The normalized spacial score (nSPS) is 16.3. The summed E-state index contributed by atoms with van der Waals surface area (Å²) in [6.45, 7) is 5.46. The molecule has 20 heavy (non-hydrogen) atoms. The van der Waals surface area contributed by atoms with Crippen molar-refractivity contribution in [2.45, 2.75) is 26.7 Å². The lowest BCUT2D eigenvalue weighted by molar-refractivity contribution is -0.147. The number of fused-ring (bicyclic) bond motifs is 1. The zero-order valence-electron chi connectivity index (χ0n) is 12.1. The van der Waals surface area contributed by atoms with Crippen LogP contribution in [0.2, 0.25) is 0 Å². The van der Waals surface area contributed by atoms with Gasteiger partial charge >= 0.3 is 5.97 Å². The number of rotatable bonds is 4. The highest BCUT2D eigenvalue weighted by molar-refractivity contribution is 6.02. The van der Waals surface area contributed by atoms with Crippen LogP contribution in [0.25, 0.3) is 0 Å². The van der Waals surface area contributed by atoms with Crippen LogP contribution in [0.4, 0.5) is 5.69 Å². The fourth-order valence-corrected chi connectivity index (χ4v) is 2.55. The second-order valence-corrected chi connectivity index (χ2v) is 5.14. The number of anilines is 1. The van der Waals surface area contributed by atoms with Crippen molar-refractivity contribution >= 4 is 17.4 Å². The summed E-state index contributed by atoms with van der Waals surface area (Å²) in [4.78, 5) is 25.9. The Morgan fingerprint density at radius 3 is 2.90 bits per heavy atom. The van der Waals surface area contributed by atoms with E-state index < -0.39 is 0 Å². The minimum Gasteiger partial charge on any atom is -0.466 e. The average Bonchev–Trinajstić information content (AvgIpc) is 2.60. The third kappa shape index (κ3) is 3.18. The Morgan fingerprint density at radius 1 is 1.40 bits per heavy atom. The van der Waals surface area contributed by atoms with E-state index in [1.807, 2.05) is 38.1 Å². The van der Waals surface area contributed by atoms with Gasteiger partial charge in [0.1, 0.15) is 0 Å². The molecule has 4 heteroatoms. The Morgan fingerprint density at radius 2 is 2.15 bits per heavy atom. The van der Waals surface area contributed by atoms with Gasteiger partial charge in [-0.05, 0) is 25.5 Å². The largest absolute Gasteiger partial charge is 0.466 e. The molecule has 0 bridgehead atoms. The fraction of sp³-hybridized carbons (Fsp3) is 0.500. The van der Waals surface area contributed by atoms with Crippen LogP contribution < -0.4 is 4.90 Å². The highest BCUT2D eigenvalue weighted by Gasteiger charge is 2.24. The molecular formula is C16H21NO3. The minimum atomic E-state index is -0.198. The molecule has 0 amide bonds. The van der Waals surface area contributed by atoms with E-state index in [9.17, 15) is 9.59 Å². The first-order valence-electron chi connectivity index (χ1n) is 7.17. The van der Waals surface area contributed by atoms with Crippen LogP contribution in [0.15, 0.2) is 24.3 Å². The number of carbonyl (C=O) groups is 2. The first-order valence-corrected chi connectivity index (χ1v) is 7.17. The van der Waals surface area contributed by atoms with Gasteiger partial charge in [-0.2, -0.15) is 0 Å². The third-order valence-corrected chi connectivity index (χ3v) is 3.56. The third-order valence-electron chi connectivity index (χ3n) is 3.56. The molecule has 1 aliphatic rings. The molecule has 1 aromatic carbocycles. The summed E-state index contributed by atoms with van der Waals surface area (Å²) >= 11 is 0. The predicted octanol–water partition coefficient (Wildman–Crippen LogP) is 2.67. The first-order chi connectivity index (χ1) is 9.63. The first kappa shape index (κ1) is 14.6. The molecule has 1 atom stereocenters. The summed E-state index contributed by atoms with van der Waals surface area (Å²) in [7, 11) is 0. The molecule has 0 fully saturated rings. The van der Waals surface area contributed by atoms with Crippen LogP contribution in [0.3, 0.4) is 0 Å². The van der Waals surface area contributed by atoms with Crippen molar-refractivity contribution in [1.29, 1.82) is 0 Å². The Kier molecular flexibility index (Phi) is 4.77. The maximum atomic E-state index is 12.1. The van der Waals surface area contributed by atoms with Crippen LogP contribution in [-0.2, 0) is 9.53 Å². The van der Waals surface area contributed by atoms with Gasteiger partial charge in [-0.1, -0.05) is 19.1 Å². The topological polar surface area (TPSA) is 46.6 Å². The van der Waals surface area contributed by atoms with Crippen LogP contribution in [0.5, 0.6) is 0 Å². The van der Waals surface area contributed by atoms with E-state index >= 15 is 0 Å². The van der Waals surface area contributed by atoms with Gasteiger partial charge in [-0.3, -0.25) is 9.59 Å². The van der Waals surface area contributed by atoms with E-state index in [0.29, 0.717) is 19.6 Å². The zero-order valence-corrected chi connectivity index (χ0v) is 12.1. The molecule has 0 N–H and O–H groups in total. The molecule has 0 aromatic heterocycles. The molecule has 1 heterocycles. The molecule has 0 spiro atoms. The molecule has 108 valence electrons. The van der Waals surface area contributed by atoms with Crippen LogP contribution >= 0.6 is 0 Å². The number of ketones is 1. The maximum absolute atomic E-state index is 12.1. The summed E-state index contributed by atoms with van der Waals surface area (Å²) in [5.74, 6) is -0.191. The highest BCUT2D eigenvalue weighted by atomic mass is 16.5. The van der Waals surface area contributed by atoms with E-state index in [1.54, 1.807) is 0 Å². The number of hydrogen-bond acceptors (Lipinski definition) is 4. The van der Waals surface area contributed by atoms with Crippen molar-refractivity contribution in [3.63, 3.8) is 0 Å². The number of carbonyl (C=O) groups excluding carboxylic acids is 2. The fourth-order valence-electron chi connectivity index (χ4n) is 2.55. The van der Waals surface area contributed by atoms with Crippen molar-refractivity contribution in [3.05, 3.63) is 29.8 Å². The lowest BCUT2D eigenvalue weighted by atomic mass is 10.1. The number of ether oxygens (including phenoxy) is 1. The van der Waals surface area contributed by atoms with Gasteiger partial charge in [0.05, 0.1) is 12.5 Å². The van der Waals surface area contributed by atoms with E-state index in [1.165, 1.54) is 0 Å². The standard InChI is InChI=1S/C16H21NO3/c1-3-20-16(19)12(2)11-17-10-6-9-15(18)13-7-4-5-8-14(13)17/h4-5,7-8,12H,3,6,9-11H2,1-2H3. The molecular weight excluding hydrogens is 254 g/mol. The summed E-state index contributed by atoms with van der Waals surface area (Å²) in [6.07, 6.45) is 1.39. The molecule has 2 rings (SSSR count). The quantitative estimate of drug-likeness (QED) is 0.793. The summed E-state index contributed by atoms with van der Waals surface area (Å²) in [6, 6.07) is 7.63. The Labute approximate surface area is 119 Å². The van der Waals surface area contributed by atoms with Crippen molar-refractivity contribution in [1.82, 2.24) is 0 Å². The number of hydrogen-bond donors (Lipinski definition) is 0. The minimum absolute atomic E-state index is 0.180. The Balaban J connectivity index is 2.17. The molecule has 1 aliphatic heterocycles. The monoisotopic (exact) mass is 275 g/mol. The second-order valence-electron chi connectivity index (χ2n) is 5.14. The van der Waals surface area contributed by atoms with Crippen molar-refractivity contribution in [3.8, 4) is 0 Å². The number of benzene rings is 1. The Bertz CT molecular complexity index is 498. The van der Waals surface area contributed by atoms with Crippen molar-refractivity contribution in [2.75, 3.05) is 24.6 Å². The smallest absolute Gasteiger partial charge is 0.310 e. The molecule has 4 nitrogen and oxygen atoms in total. The van der Waals surface area contributed by atoms with Gasteiger partial charge in [0.25, 0.3) is 0 Å². The molecule has 1 unspecified atom stereocenters. The maximum Gasteiger partial charge on any atom is 0.310 e.